The summed E-state index contributed by atoms with van der Waals surface area (Å²) in [6.45, 7) is 2.07. The zero-order valence-corrected chi connectivity index (χ0v) is 4.85. The number of unbranched alkanes of at least 4 members (excludes halogenated alkanes) is 1. The molecule has 0 spiro atoms. The van der Waals surface area contributed by atoms with Crippen LogP contribution < -0.4 is 0 Å². The summed E-state index contributed by atoms with van der Waals surface area (Å²) in [5, 5.41) is 0. The Morgan fingerprint density at radius 3 is 2.86 bits per heavy atom. The number of hydrogen-bond acceptors (Lipinski definition) is 0. The summed E-state index contributed by atoms with van der Waals surface area (Å²) in [7, 11) is 7.29. The summed E-state index contributed by atoms with van der Waals surface area (Å²) < 4.78 is 0. The number of hydrogen-bond donors (Lipinski definition) is 0. The van der Waals surface area contributed by atoms with Crippen LogP contribution in [0, 0.1) is 0 Å². The Bertz CT molecular complexity index is 43.3. The van der Waals surface area contributed by atoms with E-state index in [1.54, 1.807) is 5.97 Å². The standard InChI is InChI=1S/C5H10B2/c1-7-5-3-2-4-6/h4H,2-3,5H2,1H3. The molecule has 0 saturated carbocycles. The molecule has 0 aliphatic heterocycles. The second-order valence-corrected chi connectivity index (χ2v) is 1.57. The van der Waals surface area contributed by atoms with Crippen molar-refractivity contribution in [2.45, 2.75) is 26.0 Å². The van der Waals surface area contributed by atoms with Gasteiger partial charge in [0.05, 0.1) is 0 Å². The molecule has 0 amide bonds. The molecule has 0 aliphatic carbocycles. The molecule has 7 heavy (non-hydrogen) atoms. The van der Waals surface area contributed by atoms with Crippen LogP contribution in [0.1, 0.15) is 12.8 Å². The molecule has 0 N–H and O–H groups in total. The van der Waals surface area contributed by atoms with Crippen molar-refractivity contribution in [3.63, 3.8) is 0 Å². The summed E-state index contributed by atoms with van der Waals surface area (Å²) in [6.07, 6.45) is 3.44. The van der Waals surface area contributed by atoms with Crippen LogP contribution in [0.4, 0.5) is 0 Å². The Morgan fingerprint density at radius 2 is 2.43 bits per heavy atom. The fourth-order valence-corrected chi connectivity index (χ4v) is 0.440. The molecule has 0 aromatic heterocycles. The van der Waals surface area contributed by atoms with Crippen LogP contribution in [0.2, 0.25) is 13.1 Å². The molecule has 0 unspecified atom stereocenters. The molecule has 0 aromatic rings. The van der Waals surface area contributed by atoms with Crippen molar-refractivity contribution in [2.24, 2.45) is 0 Å². The fraction of sp³-hybridized carbons (Fsp3) is 0.800. The van der Waals surface area contributed by atoms with Crippen molar-refractivity contribution < 1.29 is 0 Å². The Morgan fingerprint density at radius 1 is 1.71 bits per heavy atom. The monoisotopic (exact) mass is 92.1 g/mol. The Labute approximate surface area is 47.6 Å². The van der Waals surface area contributed by atoms with Crippen molar-refractivity contribution >= 4 is 20.7 Å². The topological polar surface area (TPSA) is 0 Å². The first kappa shape index (κ1) is 7.00. The Kier molecular flexibility index (Phi) is 6.00. The molecule has 2 radical (unpaired) electrons. The van der Waals surface area contributed by atoms with E-state index >= 15 is 0 Å². The molecule has 0 atom stereocenters. The molecule has 0 aliphatic rings. The average Bonchev–Trinajstić information content (AvgIpc) is 1.69. The van der Waals surface area contributed by atoms with E-state index in [-0.39, 0.29) is 0 Å². The predicted molar refractivity (Wildman–Crippen MR) is 37.5 cm³/mol. The van der Waals surface area contributed by atoms with Crippen molar-refractivity contribution in [1.29, 1.82) is 0 Å². The van der Waals surface area contributed by atoms with E-state index in [0.29, 0.717) is 0 Å². The van der Waals surface area contributed by atoms with Crippen LogP contribution in [0.15, 0.2) is 0 Å². The minimum atomic E-state index is 1.05. The van der Waals surface area contributed by atoms with E-state index in [2.05, 4.69) is 14.1 Å². The Hall–Kier alpha value is -0.000130. The first-order chi connectivity index (χ1) is 3.41. The zero-order valence-electron chi connectivity index (χ0n) is 4.85. The fourth-order valence-electron chi connectivity index (χ4n) is 0.440. The first-order valence-corrected chi connectivity index (χ1v) is 2.73. The van der Waals surface area contributed by atoms with Gasteiger partial charge in [-0.3, -0.25) is 0 Å². The number of rotatable bonds is 4. The molecule has 0 heterocycles. The molecule has 0 rings (SSSR count). The van der Waals surface area contributed by atoms with Crippen LogP contribution in [-0.4, -0.2) is 20.7 Å². The molecule has 2 heteroatoms. The summed E-state index contributed by atoms with van der Waals surface area (Å²) in [4.78, 5) is 0. The molecule has 0 fully saturated rings. The third-order valence-electron chi connectivity index (χ3n) is 0.864. The molecular weight excluding hydrogens is 81.7 g/mol. The van der Waals surface area contributed by atoms with Crippen LogP contribution in [-0.2, 0) is 0 Å². The van der Waals surface area contributed by atoms with E-state index in [4.69, 9.17) is 7.49 Å². The van der Waals surface area contributed by atoms with Crippen LogP contribution in [0.3, 0.4) is 0 Å². The van der Waals surface area contributed by atoms with Gasteiger partial charge in [-0.25, -0.2) is 0 Å². The molecule has 0 saturated heterocycles. The summed E-state index contributed by atoms with van der Waals surface area (Å²) in [5.74, 6) is 1.71. The normalized spacial score (nSPS) is 8.00. The maximum absolute atomic E-state index is 5.13. The van der Waals surface area contributed by atoms with Gasteiger partial charge in [-0.2, -0.15) is 0 Å². The molecule has 0 bridgehead atoms. The SMILES string of the molecule is [B]=CCCC[B]C. The predicted octanol–water partition coefficient (Wildman–Crippen LogP) is 0.908. The average molecular weight is 91.8 g/mol. The van der Waals surface area contributed by atoms with Crippen LogP contribution in [0.5, 0.6) is 0 Å². The quantitative estimate of drug-likeness (QED) is 0.357. The van der Waals surface area contributed by atoms with Gasteiger partial charge in [0.25, 0.3) is 0 Å². The maximum atomic E-state index is 5.13. The van der Waals surface area contributed by atoms with Gasteiger partial charge in [0.2, 0.25) is 0 Å². The van der Waals surface area contributed by atoms with E-state index in [9.17, 15) is 0 Å². The van der Waals surface area contributed by atoms with Crippen molar-refractivity contribution in [2.75, 3.05) is 0 Å². The third kappa shape index (κ3) is 6.00. The van der Waals surface area contributed by atoms with Crippen LogP contribution >= 0.6 is 0 Å². The van der Waals surface area contributed by atoms with Crippen molar-refractivity contribution in [3.05, 3.63) is 0 Å². The van der Waals surface area contributed by atoms with E-state index in [0.717, 1.165) is 6.42 Å². The van der Waals surface area contributed by atoms with Gasteiger partial charge >= 0.3 is 46.7 Å². The molecular formula is C5H10B2. The van der Waals surface area contributed by atoms with Gasteiger partial charge in [-0.15, -0.1) is 0 Å². The van der Waals surface area contributed by atoms with E-state index in [1.807, 2.05) is 0 Å². The van der Waals surface area contributed by atoms with Gasteiger partial charge in [0, 0.05) is 0 Å². The van der Waals surface area contributed by atoms with Crippen molar-refractivity contribution in [1.82, 2.24) is 0 Å². The first-order valence-electron chi connectivity index (χ1n) is 2.73. The van der Waals surface area contributed by atoms with E-state index in [1.165, 1.54) is 12.7 Å². The van der Waals surface area contributed by atoms with Gasteiger partial charge in [-0.05, 0) is 0 Å². The summed E-state index contributed by atoms with van der Waals surface area (Å²) >= 11 is 0. The second-order valence-electron chi connectivity index (χ2n) is 1.57. The van der Waals surface area contributed by atoms with Crippen molar-refractivity contribution in [3.8, 4) is 0 Å². The molecule has 0 aromatic carbocycles. The Balaban J connectivity index is 2.56. The zero-order chi connectivity index (χ0) is 5.54. The molecule has 36 valence electrons. The van der Waals surface area contributed by atoms with Gasteiger partial charge < -0.3 is 0 Å². The third-order valence-corrected chi connectivity index (χ3v) is 0.864. The second kappa shape index (κ2) is 6.00. The van der Waals surface area contributed by atoms with Gasteiger partial charge in [0.15, 0.2) is 0 Å². The van der Waals surface area contributed by atoms with E-state index < -0.39 is 0 Å². The van der Waals surface area contributed by atoms with Gasteiger partial charge in [-0.1, -0.05) is 0 Å². The molecule has 0 nitrogen and oxygen atoms in total. The minimum absolute atomic E-state index is 1.05. The summed E-state index contributed by atoms with van der Waals surface area (Å²) in [6, 6.07) is 0. The summed E-state index contributed by atoms with van der Waals surface area (Å²) in [5.41, 5.74) is 0. The van der Waals surface area contributed by atoms with Gasteiger partial charge in [0.1, 0.15) is 0 Å². The van der Waals surface area contributed by atoms with Crippen LogP contribution in [0.25, 0.3) is 0 Å².